The Bertz CT molecular complexity index is 778. The SMILES string of the molecule is COc1ccc(CN2CCN(Cc3nc(N)nc(N(C)C)n3)CC2)cc1F. The number of aromatic nitrogens is 3. The van der Waals surface area contributed by atoms with Crippen LogP contribution in [0.25, 0.3) is 0 Å². The molecule has 0 radical (unpaired) electrons. The minimum absolute atomic E-state index is 0.240. The monoisotopic (exact) mass is 375 g/mol. The Morgan fingerprint density at radius 2 is 1.74 bits per heavy atom. The van der Waals surface area contributed by atoms with Crippen LogP contribution in [0.1, 0.15) is 11.4 Å². The van der Waals surface area contributed by atoms with E-state index >= 15 is 0 Å². The molecule has 0 saturated carbocycles. The molecular formula is C18H26FN7O. The third-order valence-electron chi connectivity index (χ3n) is 4.54. The summed E-state index contributed by atoms with van der Waals surface area (Å²) in [6, 6.07) is 5.13. The van der Waals surface area contributed by atoms with E-state index in [0.717, 1.165) is 38.3 Å². The molecule has 8 nitrogen and oxygen atoms in total. The van der Waals surface area contributed by atoms with E-state index in [4.69, 9.17) is 10.5 Å². The van der Waals surface area contributed by atoms with Crippen molar-refractivity contribution in [1.82, 2.24) is 24.8 Å². The predicted octanol–water partition coefficient (Wildman–Crippen LogP) is 0.985. The van der Waals surface area contributed by atoms with Crippen molar-refractivity contribution in [3.8, 4) is 5.75 Å². The summed E-state index contributed by atoms with van der Waals surface area (Å²) in [7, 11) is 5.22. The molecule has 1 aliphatic rings. The Morgan fingerprint density at radius 3 is 2.33 bits per heavy atom. The zero-order valence-electron chi connectivity index (χ0n) is 16.0. The van der Waals surface area contributed by atoms with Gasteiger partial charge in [0.1, 0.15) is 5.82 Å². The second kappa shape index (κ2) is 8.45. The van der Waals surface area contributed by atoms with Gasteiger partial charge in [-0.1, -0.05) is 6.07 Å². The quantitative estimate of drug-likeness (QED) is 0.800. The zero-order valence-corrected chi connectivity index (χ0v) is 16.0. The Morgan fingerprint density at radius 1 is 1.07 bits per heavy atom. The van der Waals surface area contributed by atoms with E-state index in [1.807, 2.05) is 25.1 Å². The van der Waals surface area contributed by atoms with Gasteiger partial charge in [-0.2, -0.15) is 15.0 Å². The van der Waals surface area contributed by atoms with Crippen molar-refractivity contribution in [2.75, 3.05) is 58.0 Å². The summed E-state index contributed by atoms with van der Waals surface area (Å²) in [5.41, 5.74) is 6.73. The Hall–Kier alpha value is -2.52. The molecule has 1 aromatic heterocycles. The highest BCUT2D eigenvalue weighted by atomic mass is 19.1. The van der Waals surface area contributed by atoms with E-state index in [2.05, 4.69) is 24.8 Å². The number of hydrogen-bond acceptors (Lipinski definition) is 8. The lowest BCUT2D eigenvalue weighted by molar-refractivity contribution is 0.120. The summed E-state index contributed by atoms with van der Waals surface area (Å²) in [4.78, 5) is 19.2. The number of halogens is 1. The molecule has 0 aliphatic carbocycles. The summed E-state index contributed by atoms with van der Waals surface area (Å²) in [6.07, 6.45) is 0. The van der Waals surface area contributed by atoms with Crippen LogP contribution in [0.15, 0.2) is 18.2 Å². The Balaban J connectivity index is 1.54. The van der Waals surface area contributed by atoms with Gasteiger partial charge < -0.3 is 15.4 Å². The fourth-order valence-corrected chi connectivity index (χ4v) is 3.07. The molecule has 0 amide bonds. The van der Waals surface area contributed by atoms with Gasteiger partial charge in [-0.05, 0) is 17.7 Å². The first-order valence-corrected chi connectivity index (χ1v) is 8.89. The van der Waals surface area contributed by atoms with Crippen LogP contribution in [0.2, 0.25) is 0 Å². The standard InChI is InChI=1S/C18H26FN7O/c1-24(2)18-22-16(21-17(20)23-18)12-26-8-6-25(7-9-26)11-13-4-5-15(27-3)14(19)10-13/h4-5,10H,6-9,11-12H2,1-3H3,(H2,20,21,22,23). The largest absolute Gasteiger partial charge is 0.494 e. The van der Waals surface area contributed by atoms with Crippen molar-refractivity contribution < 1.29 is 9.13 Å². The fraction of sp³-hybridized carbons (Fsp3) is 0.500. The molecule has 0 atom stereocenters. The number of piperazine rings is 1. The third-order valence-corrected chi connectivity index (χ3v) is 4.54. The summed E-state index contributed by atoms with van der Waals surface area (Å²) in [5, 5.41) is 0. The molecule has 0 spiro atoms. The van der Waals surface area contributed by atoms with E-state index in [1.54, 1.807) is 12.1 Å². The average molecular weight is 375 g/mol. The lowest BCUT2D eigenvalue weighted by Crippen LogP contribution is -2.45. The highest BCUT2D eigenvalue weighted by molar-refractivity contribution is 5.32. The summed E-state index contributed by atoms with van der Waals surface area (Å²) in [5.74, 6) is 1.44. The zero-order chi connectivity index (χ0) is 19.4. The van der Waals surface area contributed by atoms with Gasteiger partial charge in [-0.25, -0.2) is 4.39 Å². The molecule has 146 valence electrons. The highest BCUT2D eigenvalue weighted by Crippen LogP contribution is 2.19. The molecule has 2 aromatic rings. The van der Waals surface area contributed by atoms with Gasteiger partial charge in [0.25, 0.3) is 0 Å². The lowest BCUT2D eigenvalue weighted by Gasteiger charge is -2.34. The van der Waals surface area contributed by atoms with Crippen molar-refractivity contribution in [1.29, 1.82) is 0 Å². The highest BCUT2D eigenvalue weighted by Gasteiger charge is 2.19. The third kappa shape index (κ3) is 5.01. The summed E-state index contributed by atoms with van der Waals surface area (Å²) in [6.45, 7) is 4.93. The van der Waals surface area contributed by atoms with Gasteiger partial charge in [0.15, 0.2) is 11.6 Å². The van der Waals surface area contributed by atoms with Crippen LogP contribution in [0.3, 0.4) is 0 Å². The van der Waals surface area contributed by atoms with Gasteiger partial charge >= 0.3 is 0 Å². The van der Waals surface area contributed by atoms with Gasteiger partial charge in [0.2, 0.25) is 11.9 Å². The number of nitrogens with zero attached hydrogens (tertiary/aromatic N) is 6. The van der Waals surface area contributed by atoms with Gasteiger partial charge in [-0.15, -0.1) is 0 Å². The van der Waals surface area contributed by atoms with Gasteiger partial charge in [0.05, 0.1) is 13.7 Å². The normalized spacial score (nSPS) is 15.7. The minimum Gasteiger partial charge on any atom is -0.494 e. The Labute approximate surface area is 158 Å². The van der Waals surface area contributed by atoms with Crippen molar-refractivity contribution in [2.45, 2.75) is 13.1 Å². The predicted molar refractivity (Wildman–Crippen MR) is 102 cm³/mol. The van der Waals surface area contributed by atoms with Crippen molar-refractivity contribution >= 4 is 11.9 Å². The topological polar surface area (TPSA) is 83.6 Å². The number of methoxy groups -OCH3 is 1. The maximum atomic E-state index is 13.8. The second-order valence-corrected chi connectivity index (χ2v) is 6.83. The number of rotatable bonds is 6. The van der Waals surface area contributed by atoms with Crippen LogP contribution in [0, 0.1) is 5.82 Å². The maximum Gasteiger partial charge on any atom is 0.229 e. The lowest BCUT2D eigenvalue weighted by atomic mass is 10.2. The molecule has 0 unspecified atom stereocenters. The van der Waals surface area contributed by atoms with Crippen LogP contribution in [0.5, 0.6) is 5.75 Å². The molecule has 1 aliphatic heterocycles. The molecular weight excluding hydrogens is 349 g/mol. The van der Waals surface area contributed by atoms with Gasteiger partial charge in [0, 0.05) is 46.8 Å². The molecule has 0 bridgehead atoms. The van der Waals surface area contributed by atoms with Crippen molar-refractivity contribution in [3.05, 3.63) is 35.4 Å². The van der Waals surface area contributed by atoms with Crippen LogP contribution in [-0.2, 0) is 13.1 Å². The smallest absolute Gasteiger partial charge is 0.229 e. The first kappa shape index (κ1) is 19.2. The molecule has 1 saturated heterocycles. The van der Waals surface area contributed by atoms with E-state index in [0.29, 0.717) is 18.3 Å². The number of anilines is 2. The fourth-order valence-electron chi connectivity index (χ4n) is 3.07. The van der Waals surface area contributed by atoms with E-state index < -0.39 is 0 Å². The second-order valence-electron chi connectivity index (χ2n) is 6.83. The minimum atomic E-state index is -0.322. The number of nitrogen functional groups attached to an aromatic ring is 1. The van der Waals surface area contributed by atoms with Crippen LogP contribution in [-0.4, -0.2) is 72.1 Å². The number of benzene rings is 1. The number of ether oxygens (including phenoxy) is 1. The van der Waals surface area contributed by atoms with E-state index in [9.17, 15) is 4.39 Å². The van der Waals surface area contributed by atoms with E-state index in [1.165, 1.54) is 7.11 Å². The number of hydrogen-bond donors (Lipinski definition) is 1. The van der Waals surface area contributed by atoms with Gasteiger partial charge in [-0.3, -0.25) is 9.80 Å². The van der Waals surface area contributed by atoms with Crippen LogP contribution in [0.4, 0.5) is 16.3 Å². The molecule has 3 rings (SSSR count). The first-order valence-electron chi connectivity index (χ1n) is 8.89. The van der Waals surface area contributed by atoms with Crippen molar-refractivity contribution in [2.24, 2.45) is 0 Å². The Kier molecular flexibility index (Phi) is 6.02. The molecule has 2 heterocycles. The summed E-state index contributed by atoms with van der Waals surface area (Å²) >= 11 is 0. The summed E-state index contributed by atoms with van der Waals surface area (Å²) < 4.78 is 18.8. The molecule has 9 heteroatoms. The molecule has 2 N–H and O–H groups in total. The van der Waals surface area contributed by atoms with Crippen LogP contribution >= 0.6 is 0 Å². The van der Waals surface area contributed by atoms with E-state index in [-0.39, 0.29) is 17.5 Å². The van der Waals surface area contributed by atoms with Crippen LogP contribution < -0.4 is 15.4 Å². The molecule has 1 fully saturated rings. The first-order chi connectivity index (χ1) is 12.9. The molecule has 1 aromatic carbocycles. The van der Waals surface area contributed by atoms with Crippen molar-refractivity contribution in [3.63, 3.8) is 0 Å². The molecule has 27 heavy (non-hydrogen) atoms. The average Bonchev–Trinajstić information content (AvgIpc) is 2.63. The number of nitrogens with two attached hydrogens (primary N) is 1. The maximum absolute atomic E-state index is 13.8.